The molecule has 0 fully saturated rings. The predicted molar refractivity (Wildman–Crippen MR) is 227 cm³/mol. The van der Waals surface area contributed by atoms with Gasteiger partial charge in [-0.25, -0.2) is 0 Å². The van der Waals surface area contributed by atoms with Gasteiger partial charge in [0, 0.05) is 22.4 Å². The van der Waals surface area contributed by atoms with Crippen LogP contribution in [0.25, 0.3) is 82.8 Å². The molecule has 0 aliphatic heterocycles. The molecule has 1 aliphatic rings. The van der Waals surface area contributed by atoms with Crippen molar-refractivity contribution in [1.82, 2.24) is 4.57 Å². The third-order valence-electron chi connectivity index (χ3n) is 11.4. The van der Waals surface area contributed by atoms with Gasteiger partial charge in [-0.1, -0.05) is 170 Å². The number of nitrogens with zero attached hydrogens (tertiary/aromatic N) is 1. The molecule has 11 rings (SSSR count). The summed E-state index contributed by atoms with van der Waals surface area (Å²) >= 11 is 0. The quantitative estimate of drug-likeness (QED) is 0.170. The van der Waals surface area contributed by atoms with E-state index in [0.29, 0.717) is 0 Å². The van der Waals surface area contributed by atoms with Gasteiger partial charge in [-0.2, -0.15) is 0 Å². The van der Waals surface area contributed by atoms with Gasteiger partial charge in [0.25, 0.3) is 0 Å². The van der Waals surface area contributed by atoms with E-state index >= 15 is 0 Å². The van der Waals surface area contributed by atoms with Crippen LogP contribution in [0.1, 0.15) is 22.6 Å². The van der Waals surface area contributed by atoms with Crippen LogP contribution in [0.2, 0.25) is 0 Å². The molecule has 1 atom stereocenters. The zero-order valence-electron chi connectivity index (χ0n) is 29.7. The van der Waals surface area contributed by atoms with Crippen molar-refractivity contribution < 1.29 is 0 Å². The smallest absolute Gasteiger partial charge is 0.0588 e. The fourth-order valence-electron chi connectivity index (χ4n) is 8.98. The fraction of sp³-hybridized carbons (Fsp3) is 0.0189. The first-order valence-electron chi connectivity index (χ1n) is 18.8. The second-order valence-corrected chi connectivity index (χ2v) is 14.5. The number of benzene rings is 9. The second kappa shape index (κ2) is 12.3. The Morgan fingerprint density at radius 2 is 0.981 bits per heavy atom. The first kappa shape index (κ1) is 30.6. The van der Waals surface area contributed by atoms with E-state index in [4.69, 9.17) is 0 Å². The Hall–Kier alpha value is -6.96. The Kier molecular flexibility index (Phi) is 7.00. The summed E-state index contributed by atoms with van der Waals surface area (Å²) in [5.41, 5.74) is 17.6. The molecular formula is C53H35N. The average molecular weight is 686 g/mol. The molecule has 0 bridgehead atoms. The molecule has 0 saturated heterocycles. The lowest BCUT2D eigenvalue weighted by Gasteiger charge is -2.20. The van der Waals surface area contributed by atoms with Crippen LogP contribution in [0, 0.1) is 0 Å². The standard InChI is InChI=1S/C53H35N/c1-3-14-35(15-4-1)41-32-42(39-19-13-18-38(31-39)40-27-26-36-16-7-8-17-37(36)30-40)34-43(33-41)51-47-24-10-9-22-45(47)48-28-29-49-46-23-11-12-25-50(46)54(53(49)52(48)51)44-20-5-2-6-21-44/h1-34,51H. The summed E-state index contributed by atoms with van der Waals surface area (Å²) in [6, 6.07) is 76.1. The first-order valence-corrected chi connectivity index (χ1v) is 18.8. The molecule has 0 radical (unpaired) electrons. The van der Waals surface area contributed by atoms with Crippen LogP contribution in [0.3, 0.4) is 0 Å². The lowest BCUT2D eigenvalue weighted by molar-refractivity contribution is 1.01. The molecule has 1 heteroatoms. The number of hydrogen-bond acceptors (Lipinski definition) is 0. The topological polar surface area (TPSA) is 4.93 Å². The average Bonchev–Trinajstić information content (AvgIpc) is 3.77. The van der Waals surface area contributed by atoms with Gasteiger partial charge in [-0.05, 0) is 108 Å². The predicted octanol–water partition coefficient (Wildman–Crippen LogP) is 14.1. The van der Waals surface area contributed by atoms with Crippen LogP contribution in [0.5, 0.6) is 0 Å². The molecular weight excluding hydrogens is 651 g/mol. The van der Waals surface area contributed by atoms with Crippen LogP contribution < -0.4 is 0 Å². The Bertz CT molecular complexity index is 3040. The Morgan fingerprint density at radius 1 is 0.352 bits per heavy atom. The van der Waals surface area contributed by atoms with Crippen molar-refractivity contribution in [2.24, 2.45) is 0 Å². The molecule has 10 aromatic rings. The summed E-state index contributed by atoms with van der Waals surface area (Å²) in [4.78, 5) is 0. The van der Waals surface area contributed by atoms with E-state index < -0.39 is 0 Å². The minimum Gasteiger partial charge on any atom is -0.309 e. The van der Waals surface area contributed by atoms with Crippen LogP contribution in [-0.2, 0) is 0 Å². The van der Waals surface area contributed by atoms with Gasteiger partial charge in [0.2, 0.25) is 0 Å². The fourth-order valence-corrected chi connectivity index (χ4v) is 8.98. The Balaban J connectivity index is 1.17. The molecule has 0 saturated carbocycles. The van der Waals surface area contributed by atoms with E-state index in [1.165, 1.54) is 99.5 Å². The Morgan fingerprint density at radius 3 is 1.83 bits per heavy atom. The summed E-state index contributed by atoms with van der Waals surface area (Å²) in [6.45, 7) is 0. The van der Waals surface area contributed by atoms with Crippen molar-refractivity contribution in [3.05, 3.63) is 223 Å². The monoisotopic (exact) mass is 685 g/mol. The van der Waals surface area contributed by atoms with Gasteiger partial charge < -0.3 is 4.57 Å². The number of aromatic nitrogens is 1. The highest BCUT2D eigenvalue weighted by Crippen LogP contribution is 2.53. The molecule has 1 aliphatic carbocycles. The maximum atomic E-state index is 2.50. The van der Waals surface area contributed by atoms with E-state index in [-0.39, 0.29) is 5.92 Å². The van der Waals surface area contributed by atoms with E-state index in [1.807, 2.05) is 0 Å². The second-order valence-electron chi connectivity index (χ2n) is 14.5. The van der Waals surface area contributed by atoms with Crippen LogP contribution in [-0.4, -0.2) is 4.57 Å². The molecule has 0 amide bonds. The lowest BCUT2D eigenvalue weighted by atomic mass is 9.84. The van der Waals surface area contributed by atoms with Crippen LogP contribution in [0.4, 0.5) is 0 Å². The minimum absolute atomic E-state index is 0.0396. The zero-order chi connectivity index (χ0) is 35.6. The highest BCUT2D eigenvalue weighted by Gasteiger charge is 2.34. The van der Waals surface area contributed by atoms with Crippen molar-refractivity contribution in [3.8, 4) is 50.2 Å². The van der Waals surface area contributed by atoms with Gasteiger partial charge >= 0.3 is 0 Å². The maximum absolute atomic E-state index is 2.50. The van der Waals surface area contributed by atoms with Crippen molar-refractivity contribution >= 4 is 32.6 Å². The van der Waals surface area contributed by atoms with Crippen LogP contribution in [0.15, 0.2) is 206 Å². The van der Waals surface area contributed by atoms with Gasteiger partial charge in [-0.3, -0.25) is 0 Å². The highest BCUT2D eigenvalue weighted by molar-refractivity contribution is 6.13. The zero-order valence-corrected chi connectivity index (χ0v) is 29.7. The van der Waals surface area contributed by atoms with Crippen LogP contribution >= 0.6 is 0 Å². The third-order valence-corrected chi connectivity index (χ3v) is 11.4. The lowest BCUT2D eigenvalue weighted by Crippen LogP contribution is -2.04. The molecule has 0 spiro atoms. The molecule has 54 heavy (non-hydrogen) atoms. The molecule has 1 nitrogen and oxygen atoms in total. The third kappa shape index (κ3) is 4.86. The number of para-hydroxylation sites is 2. The van der Waals surface area contributed by atoms with Gasteiger partial charge in [0.05, 0.1) is 11.0 Å². The molecule has 0 N–H and O–H groups in total. The summed E-state index contributed by atoms with van der Waals surface area (Å²) in [6.07, 6.45) is 0. The number of rotatable bonds is 5. The molecule has 9 aromatic carbocycles. The van der Waals surface area contributed by atoms with Gasteiger partial charge in [-0.15, -0.1) is 0 Å². The number of hydrogen-bond donors (Lipinski definition) is 0. The van der Waals surface area contributed by atoms with E-state index in [2.05, 4.69) is 211 Å². The largest absolute Gasteiger partial charge is 0.309 e. The normalized spacial score (nSPS) is 13.4. The highest BCUT2D eigenvalue weighted by atomic mass is 15.0. The van der Waals surface area contributed by atoms with E-state index in [1.54, 1.807) is 0 Å². The van der Waals surface area contributed by atoms with Gasteiger partial charge in [0.1, 0.15) is 0 Å². The van der Waals surface area contributed by atoms with Crippen molar-refractivity contribution in [1.29, 1.82) is 0 Å². The van der Waals surface area contributed by atoms with Gasteiger partial charge in [0.15, 0.2) is 0 Å². The summed E-state index contributed by atoms with van der Waals surface area (Å²) in [7, 11) is 0. The van der Waals surface area contributed by atoms with Crippen molar-refractivity contribution in [2.75, 3.05) is 0 Å². The summed E-state index contributed by atoms with van der Waals surface area (Å²) in [5, 5.41) is 5.08. The van der Waals surface area contributed by atoms with Crippen molar-refractivity contribution in [2.45, 2.75) is 5.92 Å². The SMILES string of the molecule is c1ccc(-c2cc(-c3cccc(-c4ccc5ccccc5c4)c3)cc(C3c4ccccc4-c4ccc5c6ccccc6n(-c6ccccc6)c5c43)c2)cc1. The summed E-state index contributed by atoms with van der Waals surface area (Å²) < 4.78 is 2.50. The van der Waals surface area contributed by atoms with Crippen molar-refractivity contribution in [3.63, 3.8) is 0 Å². The molecule has 1 heterocycles. The first-order chi connectivity index (χ1) is 26.8. The Labute approximate surface area is 315 Å². The molecule has 252 valence electrons. The maximum Gasteiger partial charge on any atom is 0.0588 e. The molecule has 1 unspecified atom stereocenters. The minimum atomic E-state index is 0.0396. The summed E-state index contributed by atoms with van der Waals surface area (Å²) in [5.74, 6) is 0.0396. The van der Waals surface area contributed by atoms with E-state index in [9.17, 15) is 0 Å². The van der Waals surface area contributed by atoms with E-state index in [0.717, 1.165) is 0 Å². The number of fused-ring (bicyclic) bond motifs is 8. The molecule has 1 aromatic heterocycles.